The van der Waals surface area contributed by atoms with E-state index in [0.29, 0.717) is 0 Å². The molecule has 11 aromatic carbocycles. The van der Waals surface area contributed by atoms with Crippen LogP contribution in [0.25, 0.3) is 88.7 Å². The molecule has 0 saturated heterocycles. The van der Waals surface area contributed by atoms with E-state index in [4.69, 9.17) is 4.42 Å². The molecule has 12 aromatic rings. The van der Waals surface area contributed by atoms with Crippen LogP contribution < -0.4 is 9.80 Å². The summed E-state index contributed by atoms with van der Waals surface area (Å²) < 4.78 is 6.45. The highest BCUT2D eigenvalue weighted by Gasteiger charge is 2.38. The number of rotatable bonds is 10. The van der Waals surface area contributed by atoms with Crippen molar-refractivity contribution in [1.82, 2.24) is 0 Å². The van der Waals surface area contributed by atoms with Crippen LogP contribution in [-0.4, -0.2) is 6.04 Å². The zero-order chi connectivity index (χ0) is 49.7. The largest absolute Gasteiger partial charge is 0.455 e. The Morgan fingerprint density at radius 3 is 1.45 bits per heavy atom. The number of hydrogen-bond donors (Lipinski definition) is 0. The fraction of sp³-hybridized carbons (Fsp3) is 0.0278. The summed E-state index contributed by atoms with van der Waals surface area (Å²) in [6.07, 6.45) is 5.61. The van der Waals surface area contributed by atoms with Crippen molar-refractivity contribution in [3.8, 4) is 55.6 Å². The minimum atomic E-state index is 0.155. The van der Waals surface area contributed by atoms with Gasteiger partial charge < -0.3 is 14.2 Å². The van der Waals surface area contributed by atoms with Gasteiger partial charge in [0.1, 0.15) is 11.2 Å². The molecule has 0 amide bonds. The first-order chi connectivity index (χ1) is 37.2. The molecule has 3 heteroatoms. The highest BCUT2D eigenvalue weighted by atomic mass is 16.3. The molecule has 1 aliphatic heterocycles. The third-order valence-corrected chi connectivity index (χ3v) is 15.3. The Balaban J connectivity index is 0.790. The van der Waals surface area contributed by atoms with Crippen molar-refractivity contribution < 1.29 is 4.42 Å². The van der Waals surface area contributed by atoms with Gasteiger partial charge in [0.25, 0.3) is 0 Å². The van der Waals surface area contributed by atoms with E-state index in [9.17, 15) is 0 Å². The number of anilines is 5. The van der Waals surface area contributed by atoms with Gasteiger partial charge in [0, 0.05) is 55.9 Å². The third-order valence-electron chi connectivity index (χ3n) is 15.3. The topological polar surface area (TPSA) is 19.6 Å². The lowest BCUT2D eigenvalue weighted by molar-refractivity contribution is 0.670. The van der Waals surface area contributed by atoms with Gasteiger partial charge in [-0.2, -0.15) is 0 Å². The van der Waals surface area contributed by atoms with Gasteiger partial charge in [0.2, 0.25) is 0 Å². The average Bonchev–Trinajstić information content (AvgIpc) is 4.04. The Labute approximate surface area is 437 Å². The van der Waals surface area contributed by atoms with E-state index < -0.39 is 0 Å². The van der Waals surface area contributed by atoms with Gasteiger partial charge in [0.15, 0.2) is 0 Å². The monoisotopic (exact) mass is 958 g/mol. The normalized spacial score (nSPS) is 13.8. The van der Waals surface area contributed by atoms with Gasteiger partial charge >= 0.3 is 0 Å². The summed E-state index contributed by atoms with van der Waals surface area (Å²) >= 11 is 0. The molecule has 1 aromatic heterocycles. The molecule has 0 bridgehead atoms. The summed E-state index contributed by atoms with van der Waals surface area (Å²) in [6.45, 7) is 0. The molecule has 354 valence electrons. The summed E-state index contributed by atoms with van der Waals surface area (Å²) in [5, 5.41) is 2.26. The van der Waals surface area contributed by atoms with E-state index in [-0.39, 0.29) is 6.04 Å². The second-order valence-electron chi connectivity index (χ2n) is 19.6. The Morgan fingerprint density at radius 1 is 0.333 bits per heavy atom. The van der Waals surface area contributed by atoms with Crippen molar-refractivity contribution in [3.05, 3.63) is 296 Å². The highest BCUT2D eigenvalue weighted by Crippen LogP contribution is 2.52. The maximum Gasteiger partial charge on any atom is 0.143 e. The first-order valence-electron chi connectivity index (χ1n) is 25.9. The molecule has 0 saturated carbocycles. The minimum absolute atomic E-state index is 0.155. The molecule has 2 aliphatic rings. The number of benzene rings is 11. The molecule has 14 rings (SSSR count). The highest BCUT2D eigenvalue weighted by molar-refractivity contribution is 6.09. The van der Waals surface area contributed by atoms with Crippen LogP contribution in [0.4, 0.5) is 28.4 Å². The van der Waals surface area contributed by atoms with Gasteiger partial charge in [-0.3, -0.25) is 0 Å². The van der Waals surface area contributed by atoms with Crippen LogP contribution in [-0.2, 0) is 0 Å². The van der Waals surface area contributed by atoms with Crippen LogP contribution >= 0.6 is 0 Å². The third kappa shape index (κ3) is 8.03. The fourth-order valence-electron chi connectivity index (χ4n) is 11.5. The lowest BCUT2D eigenvalue weighted by Crippen LogP contribution is -2.28. The first-order valence-corrected chi connectivity index (χ1v) is 25.9. The summed E-state index contributed by atoms with van der Waals surface area (Å²) in [6, 6.07) is 98.9. The van der Waals surface area contributed by atoms with E-state index in [1.807, 2.05) is 12.1 Å². The Hall–Kier alpha value is -9.70. The molecular formula is C72H50N2O. The molecule has 0 radical (unpaired) electrons. The van der Waals surface area contributed by atoms with Crippen molar-refractivity contribution in [2.45, 2.75) is 12.5 Å². The molecule has 0 N–H and O–H groups in total. The number of hydrogen-bond acceptors (Lipinski definition) is 3. The Kier molecular flexibility index (Phi) is 11.0. The van der Waals surface area contributed by atoms with E-state index in [2.05, 4.69) is 283 Å². The van der Waals surface area contributed by atoms with Gasteiger partial charge in [-0.1, -0.05) is 231 Å². The number of nitrogens with zero attached hydrogens (tertiary/aromatic N) is 2. The molecule has 0 fully saturated rings. The lowest BCUT2D eigenvalue weighted by Gasteiger charge is -2.32. The smallest absolute Gasteiger partial charge is 0.143 e. The van der Waals surface area contributed by atoms with Crippen molar-refractivity contribution in [3.63, 3.8) is 0 Å². The van der Waals surface area contributed by atoms with Crippen LogP contribution in [0.5, 0.6) is 0 Å². The Morgan fingerprint density at radius 2 is 0.800 bits per heavy atom. The summed E-state index contributed by atoms with van der Waals surface area (Å²) in [7, 11) is 0. The van der Waals surface area contributed by atoms with Crippen LogP contribution in [0.15, 0.2) is 290 Å². The molecule has 0 spiro atoms. The van der Waals surface area contributed by atoms with Gasteiger partial charge in [-0.25, -0.2) is 0 Å². The molecule has 1 atom stereocenters. The number of fused-ring (bicyclic) bond motifs is 6. The first kappa shape index (κ1) is 44.0. The predicted octanol–water partition coefficient (Wildman–Crippen LogP) is 19.8. The van der Waals surface area contributed by atoms with Gasteiger partial charge in [0.05, 0.1) is 6.04 Å². The average molecular weight is 959 g/mol. The van der Waals surface area contributed by atoms with E-state index in [0.717, 1.165) is 62.1 Å². The second-order valence-corrected chi connectivity index (χ2v) is 19.6. The van der Waals surface area contributed by atoms with Crippen molar-refractivity contribution in [2.24, 2.45) is 0 Å². The lowest BCUT2D eigenvalue weighted by atomic mass is 9.87. The standard InChI is InChI=1S/C72H50N2O/c1-4-15-49(16-5-1)53-31-39-59(40-32-53)73(61-43-35-56(36-44-61)63-23-14-24-67-66-22-11-13-26-71(66)75-72(63)67)60-41-33-54(34-42-60)52-27-29-55(30-28-52)62-21-10-12-25-68(62)74-69-47-57(50-17-6-2-7-18-50)37-45-64(69)65-46-38-58(48-70(65)74)51-19-8-3-9-20-51/h1-47,70H,48H2. The maximum atomic E-state index is 6.45. The predicted molar refractivity (Wildman–Crippen MR) is 315 cm³/mol. The molecule has 1 aliphatic carbocycles. The molecule has 75 heavy (non-hydrogen) atoms. The summed E-state index contributed by atoms with van der Waals surface area (Å²) in [5.41, 5.74) is 24.5. The fourth-order valence-corrected chi connectivity index (χ4v) is 11.5. The zero-order valence-electron chi connectivity index (χ0n) is 41.2. The molecule has 1 unspecified atom stereocenters. The molecular weight excluding hydrogens is 909 g/mol. The maximum absolute atomic E-state index is 6.45. The van der Waals surface area contributed by atoms with Crippen molar-refractivity contribution >= 4 is 61.5 Å². The van der Waals surface area contributed by atoms with E-state index >= 15 is 0 Å². The number of furan rings is 1. The summed E-state index contributed by atoms with van der Waals surface area (Å²) in [4.78, 5) is 4.95. The SMILES string of the molecule is C1=C(c2ccccc2)CC2C(=C1)c1ccc(-c3ccccc3)cc1N2c1ccccc1-c1ccc(-c2ccc(N(c3ccc(-c4ccccc4)cc3)c3ccc(-c4cccc5c4oc4ccccc45)cc3)cc2)cc1. The van der Waals surface area contributed by atoms with E-state index in [1.165, 1.54) is 72.6 Å². The molecule has 2 heterocycles. The quantitative estimate of drug-likeness (QED) is 0.136. The second kappa shape index (κ2) is 18.7. The van der Waals surface area contributed by atoms with Crippen LogP contribution in [0.2, 0.25) is 0 Å². The van der Waals surface area contributed by atoms with Crippen LogP contribution in [0.3, 0.4) is 0 Å². The summed E-state index contributed by atoms with van der Waals surface area (Å²) in [5.74, 6) is 0. The Bertz CT molecular complexity index is 4100. The van der Waals surface area contributed by atoms with Crippen LogP contribution in [0, 0.1) is 0 Å². The van der Waals surface area contributed by atoms with Gasteiger partial charge in [-0.15, -0.1) is 0 Å². The van der Waals surface area contributed by atoms with Crippen molar-refractivity contribution in [1.29, 1.82) is 0 Å². The van der Waals surface area contributed by atoms with Gasteiger partial charge in [-0.05, 0) is 122 Å². The van der Waals surface area contributed by atoms with Crippen LogP contribution in [0.1, 0.15) is 17.5 Å². The van der Waals surface area contributed by atoms with E-state index in [1.54, 1.807) is 0 Å². The number of allylic oxidation sites excluding steroid dienone is 2. The minimum Gasteiger partial charge on any atom is -0.455 e. The number of para-hydroxylation sites is 3. The molecule has 3 nitrogen and oxygen atoms in total. The zero-order valence-corrected chi connectivity index (χ0v) is 41.2. The van der Waals surface area contributed by atoms with Crippen molar-refractivity contribution in [2.75, 3.05) is 9.80 Å².